The van der Waals surface area contributed by atoms with Gasteiger partial charge in [0.05, 0.1) is 46.1 Å². The van der Waals surface area contributed by atoms with E-state index in [2.05, 4.69) is 4.98 Å². The fourth-order valence-electron chi connectivity index (χ4n) is 2.09. The van der Waals surface area contributed by atoms with Gasteiger partial charge in [-0.2, -0.15) is 0 Å². The molecule has 0 N–H and O–H groups in total. The molecule has 29 heavy (non-hydrogen) atoms. The van der Waals surface area contributed by atoms with E-state index in [0.29, 0.717) is 38.1 Å². The van der Waals surface area contributed by atoms with Crippen molar-refractivity contribution in [1.82, 2.24) is 10.0 Å². The number of hydrogen-bond donors (Lipinski definition) is 0. The van der Waals surface area contributed by atoms with Gasteiger partial charge in [-0.15, -0.1) is 5.06 Å². The summed E-state index contributed by atoms with van der Waals surface area (Å²) in [5, 5.41) is 1.51. The van der Waals surface area contributed by atoms with Gasteiger partial charge < -0.3 is 19.0 Å². The SMILES string of the molecule is O=C(CCOCCOCCOCCSSc1ccccn1)ON1C(=O)CCC1=O. The quantitative estimate of drug-likeness (QED) is 0.226. The minimum Gasteiger partial charge on any atom is -0.378 e. The molecular formula is C18H24N2O7S2. The normalized spacial score (nSPS) is 13.9. The summed E-state index contributed by atoms with van der Waals surface area (Å²) in [5.74, 6) is -0.812. The number of ether oxygens (including phenoxy) is 3. The second kappa shape index (κ2) is 14.3. The number of hydroxylamine groups is 2. The van der Waals surface area contributed by atoms with E-state index in [9.17, 15) is 14.4 Å². The van der Waals surface area contributed by atoms with Gasteiger partial charge in [0.15, 0.2) is 0 Å². The Morgan fingerprint density at radius 1 is 0.966 bits per heavy atom. The van der Waals surface area contributed by atoms with Gasteiger partial charge >= 0.3 is 5.97 Å². The zero-order chi connectivity index (χ0) is 20.7. The third-order valence-electron chi connectivity index (χ3n) is 3.49. The molecule has 2 heterocycles. The van der Waals surface area contributed by atoms with E-state index in [4.69, 9.17) is 19.0 Å². The highest BCUT2D eigenvalue weighted by Gasteiger charge is 2.32. The van der Waals surface area contributed by atoms with Gasteiger partial charge in [-0.3, -0.25) is 9.59 Å². The van der Waals surface area contributed by atoms with Crippen LogP contribution in [-0.2, 0) is 33.4 Å². The van der Waals surface area contributed by atoms with Crippen molar-refractivity contribution in [2.75, 3.05) is 45.4 Å². The lowest BCUT2D eigenvalue weighted by Crippen LogP contribution is -2.32. The fraction of sp³-hybridized carbons (Fsp3) is 0.556. The van der Waals surface area contributed by atoms with Gasteiger partial charge in [-0.05, 0) is 22.9 Å². The molecule has 1 aromatic heterocycles. The maximum atomic E-state index is 11.6. The van der Waals surface area contributed by atoms with E-state index in [1.54, 1.807) is 27.8 Å². The maximum absolute atomic E-state index is 11.6. The third kappa shape index (κ3) is 10.1. The summed E-state index contributed by atoms with van der Waals surface area (Å²) in [4.78, 5) is 43.1. The van der Waals surface area contributed by atoms with Crippen LogP contribution in [0.4, 0.5) is 0 Å². The minimum absolute atomic E-state index is 0.0473. The van der Waals surface area contributed by atoms with E-state index < -0.39 is 17.8 Å². The second-order valence-corrected chi connectivity index (χ2v) is 8.14. The average Bonchev–Trinajstić information content (AvgIpc) is 3.04. The number of hydrogen-bond acceptors (Lipinski definition) is 10. The summed E-state index contributed by atoms with van der Waals surface area (Å²) in [5.41, 5.74) is 0. The van der Waals surface area contributed by atoms with Crippen LogP contribution in [0.2, 0.25) is 0 Å². The Hall–Kier alpha value is -1.66. The van der Waals surface area contributed by atoms with Gasteiger partial charge in [0.2, 0.25) is 0 Å². The predicted molar refractivity (Wildman–Crippen MR) is 107 cm³/mol. The predicted octanol–water partition coefficient (Wildman–Crippen LogP) is 1.87. The molecule has 0 radical (unpaired) electrons. The van der Waals surface area contributed by atoms with Gasteiger partial charge in [0.1, 0.15) is 5.03 Å². The van der Waals surface area contributed by atoms with Crippen molar-refractivity contribution < 1.29 is 33.4 Å². The first kappa shape index (κ1) is 23.6. The molecule has 0 aliphatic carbocycles. The first-order chi connectivity index (χ1) is 14.2. The molecule has 0 atom stereocenters. The van der Waals surface area contributed by atoms with Crippen molar-refractivity contribution in [1.29, 1.82) is 0 Å². The van der Waals surface area contributed by atoms with Crippen LogP contribution in [-0.4, -0.2) is 73.2 Å². The molecule has 1 saturated heterocycles. The zero-order valence-electron chi connectivity index (χ0n) is 15.9. The Labute approximate surface area is 177 Å². The number of nitrogens with zero attached hydrogens (tertiary/aromatic N) is 2. The lowest BCUT2D eigenvalue weighted by atomic mass is 10.4. The Balaban J connectivity index is 1.32. The van der Waals surface area contributed by atoms with E-state index in [1.807, 2.05) is 18.2 Å². The standard InChI is InChI=1S/C18H24N2O7S2/c21-16-4-5-17(22)20(16)27-18(23)6-8-24-9-10-25-11-12-26-13-14-28-29-15-3-1-2-7-19-15/h1-3,7H,4-6,8-14H2. The topological polar surface area (TPSA) is 104 Å². The van der Waals surface area contributed by atoms with Crippen molar-refractivity contribution in [3.63, 3.8) is 0 Å². The minimum atomic E-state index is -0.679. The van der Waals surface area contributed by atoms with Crippen molar-refractivity contribution in [2.45, 2.75) is 24.3 Å². The summed E-state index contributed by atoms with van der Waals surface area (Å²) < 4.78 is 16.1. The van der Waals surface area contributed by atoms with Gasteiger partial charge in [0, 0.05) is 24.8 Å². The molecule has 9 nitrogen and oxygen atoms in total. The molecule has 160 valence electrons. The third-order valence-corrected chi connectivity index (χ3v) is 5.72. The molecule has 0 aromatic carbocycles. The molecule has 0 bridgehead atoms. The molecular weight excluding hydrogens is 420 g/mol. The number of rotatable bonds is 15. The van der Waals surface area contributed by atoms with E-state index in [1.165, 1.54) is 0 Å². The summed E-state index contributed by atoms with van der Waals surface area (Å²) in [6.07, 6.45) is 1.87. The van der Waals surface area contributed by atoms with Crippen molar-refractivity contribution >= 4 is 39.4 Å². The zero-order valence-corrected chi connectivity index (χ0v) is 17.6. The average molecular weight is 445 g/mol. The highest BCUT2D eigenvalue weighted by molar-refractivity contribution is 8.76. The number of pyridine rings is 1. The lowest BCUT2D eigenvalue weighted by Gasteiger charge is -2.12. The highest BCUT2D eigenvalue weighted by atomic mass is 33.1. The Kier molecular flexibility index (Phi) is 11.7. The molecule has 11 heteroatoms. The molecule has 0 spiro atoms. The monoisotopic (exact) mass is 444 g/mol. The maximum Gasteiger partial charge on any atom is 0.335 e. The van der Waals surface area contributed by atoms with Crippen LogP contribution < -0.4 is 0 Å². The summed E-state index contributed by atoms with van der Waals surface area (Å²) in [6, 6.07) is 5.81. The van der Waals surface area contributed by atoms with Crippen LogP contribution >= 0.6 is 21.6 Å². The largest absolute Gasteiger partial charge is 0.378 e. The Morgan fingerprint density at radius 2 is 1.62 bits per heavy atom. The molecule has 0 unspecified atom stereocenters. The molecule has 1 aromatic rings. The molecule has 1 aliphatic rings. The van der Waals surface area contributed by atoms with Crippen LogP contribution in [0.25, 0.3) is 0 Å². The van der Waals surface area contributed by atoms with E-state index in [-0.39, 0.29) is 25.9 Å². The van der Waals surface area contributed by atoms with E-state index >= 15 is 0 Å². The van der Waals surface area contributed by atoms with Crippen LogP contribution in [0.15, 0.2) is 29.4 Å². The molecule has 0 saturated carbocycles. The van der Waals surface area contributed by atoms with Crippen molar-refractivity contribution in [3.05, 3.63) is 24.4 Å². The smallest absolute Gasteiger partial charge is 0.335 e. The number of carbonyl (C=O) groups excluding carboxylic acids is 3. The number of aromatic nitrogens is 1. The Morgan fingerprint density at radius 3 is 2.28 bits per heavy atom. The van der Waals surface area contributed by atoms with Crippen LogP contribution in [0, 0.1) is 0 Å². The number of amides is 2. The summed E-state index contributed by atoms with van der Waals surface area (Å²) >= 11 is 0. The van der Waals surface area contributed by atoms with Crippen LogP contribution in [0.5, 0.6) is 0 Å². The summed E-state index contributed by atoms with van der Waals surface area (Å²) in [6.45, 7) is 2.42. The van der Waals surface area contributed by atoms with Crippen molar-refractivity contribution in [2.24, 2.45) is 0 Å². The summed E-state index contributed by atoms with van der Waals surface area (Å²) in [7, 11) is 3.31. The van der Waals surface area contributed by atoms with Crippen LogP contribution in [0.1, 0.15) is 19.3 Å². The number of imide groups is 1. The van der Waals surface area contributed by atoms with Gasteiger partial charge in [-0.25, -0.2) is 9.78 Å². The van der Waals surface area contributed by atoms with Crippen molar-refractivity contribution in [3.8, 4) is 0 Å². The molecule has 1 aliphatic heterocycles. The first-order valence-corrected chi connectivity index (χ1v) is 11.5. The first-order valence-electron chi connectivity index (χ1n) is 9.17. The fourth-order valence-corrected chi connectivity index (χ4v) is 3.83. The lowest BCUT2D eigenvalue weighted by molar-refractivity contribution is -0.198. The number of carbonyl (C=O) groups is 3. The molecule has 2 rings (SSSR count). The van der Waals surface area contributed by atoms with Gasteiger partial charge in [-0.1, -0.05) is 16.9 Å². The highest BCUT2D eigenvalue weighted by Crippen LogP contribution is 2.28. The van der Waals surface area contributed by atoms with E-state index in [0.717, 1.165) is 10.8 Å². The second-order valence-electron chi connectivity index (χ2n) is 5.71. The van der Waals surface area contributed by atoms with Gasteiger partial charge in [0.25, 0.3) is 11.8 Å². The van der Waals surface area contributed by atoms with Crippen LogP contribution in [0.3, 0.4) is 0 Å². The molecule has 1 fully saturated rings. The Bertz CT molecular complexity index is 632. The molecule has 2 amide bonds.